The Hall–Kier alpha value is -2.04. The molecule has 0 saturated heterocycles. The van der Waals surface area contributed by atoms with Gasteiger partial charge in [0.05, 0.1) is 18.1 Å². The second-order valence-electron chi connectivity index (χ2n) is 3.41. The minimum Gasteiger partial charge on any atom is -0.484 e. The van der Waals surface area contributed by atoms with E-state index >= 15 is 0 Å². The van der Waals surface area contributed by atoms with E-state index in [1.807, 2.05) is 19.9 Å². The third-order valence-corrected chi connectivity index (χ3v) is 1.94. The number of aryl methyl sites for hydroxylation is 2. The summed E-state index contributed by atoms with van der Waals surface area (Å²) in [6.07, 6.45) is 4.70. The highest BCUT2D eigenvalue weighted by Gasteiger charge is 2.00. The van der Waals surface area contributed by atoms with Gasteiger partial charge in [-0.3, -0.25) is 0 Å². The van der Waals surface area contributed by atoms with Crippen molar-refractivity contribution in [2.45, 2.75) is 20.5 Å². The van der Waals surface area contributed by atoms with Crippen LogP contribution in [0, 0.1) is 13.8 Å². The normalized spacial score (nSPS) is 10.1. The molecule has 0 bridgehead atoms. The average Bonchev–Trinajstić information content (AvgIpc) is 2.27. The van der Waals surface area contributed by atoms with Gasteiger partial charge in [0.15, 0.2) is 5.75 Å². The zero-order chi connectivity index (χ0) is 11.4. The van der Waals surface area contributed by atoms with Gasteiger partial charge >= 0.3 is 0 Å². The highest BCUT2D eigenvalue weighted by atomic mass is 16.5. The van der Waals surface area contributed by atoms with Crippen LogP contribution in [0.2, 0.25) is 0 Å². The summed E-state index contributed by atoms with van der Waals surface area (Å²) in [6.45, 7) is 4.20. The van der Waals surface area contributed by atoms with Gasteiger partial charge in [-0.1, -0.05) is 0 Å². The molecule has 0 N–H and O–H groups in total. The molecule has 5 heteroatoms. The summed E-state index contributed by atoms with van der Waals surface area (Å²) in [6, 6.07) is 1.90. The number of rotatable bonds is 3. The van der Waals surface area contributed by atoms with Crippen LogP contribution in [0.5, 0.6) is 5.75 Å². The molecule has 0 radical (unpaired) electrons. The van der Waals surface area contributed by atoms with Crippen molar-refractivity contribution in [1.29, 1.82) is 0 Å². The number of aromatic nitrogens is 4. The van der Waals surface area contributed by atoms with E-state index in [0.717, 1.165) is 17.2 Å². The summed E-state index contributed by atoms with van der Waals surface area (Å²) in [5.41, 5.74) is 1.80. The molecule has 82 valence electrons. The summed E-state index contributed by atoms with van der Waals surface area (Å²) in [7, 11) is 0. The number of ether oxygens (including phenoxy) is 1. The molecule has 0 aliphatic heterocycles. The zero-order valence-corrected chi connectivity index (χ0v) is 9.21. The third-order valence-electron chi connectivity index (χ3n) is 1.94. The van der Waals surface area contributed by atoms with Crippen LogP contribution in [0.4, 0.5) is 0 Å². The van der Waals surface area contributed by atoms with Crippen LogP contribution in [-0.4, -0.2) is 19.9 Å². The van der Waals surface area contributed by atoms with E-state index in [4.69, 9.17) is 4.74 Å². The SMILES string of the molecule is Cc1cc(COc2cncnc2)nc(C)n1. The molecule has 2 rings (SSSR count). The van der Waals surface area contributed by atoms with Gasteiger partial charge in [0.25, 0.3) is 0 Å². The second kappa shape index (κ2) is 4.65. The molecule has 0 atom stereocenters. The largest absolute Gasteiger partial charge is 0.484 e. The maximum absolute atomic E-state index is 5.49. The Bertz CT molecular complexity index is 452. The summed E-state index contributed by atoms with van der Waals surface area (Å²) in [4.78, 5) is 16.2. The molecule has 2 aromatic rings. The quantitative estimate of drug-likeness (QED) is 0.777. The van der Waals surface area contributed by atoms with Crippen molar-refractivity contribution in [2.75, 3.05) is 0 Å². The fourth-order valence-electron chi connectivity index (χ4n) is 1.38. The molecule has 2 aromatic heterocycles. The first-order valence-corrected chi connectivity index (χ1v) is 4.93. The molecule has 0 aromatic carbocycles. The minimum atomic E-state index is 0.400. The van der Waals surface area contributed by atoms with Crippen LogP contribution in [0.15, 0.2) is 24.8 Å². The predicted octanol–water partition coefficient (Wildman–Crippen LogP) is 1.46. The second-order valence-corrected chi connectivity index (χ2v) is 3.41. The molecular formula is C11H12N4O. The average molecular weight is 216 g/mol. The molecular weight excluding hydrogens is 204 g/mol. The highest BCUT2D eigenvalue weighted by Crippen LogP contribution is 2.08. The Kier molecular flexibility index (Phi) is 3.05. The van der Waals surface area contributed by atoms with Crippen molar-refractivity contribution in [1.82, 2.24) is 19.9 Å². The third kappa shape index (κ3) is 2.73. The molecule has 0 fully saturated rings. The molecule has 0 saturated carbocycles. The van der Waals surface area contributed by atoms with Gasteiger partial charge in [-0.25, -0.2) is 19.9 Å². The van der Waals surface area contributed by atoms with Crippen molar-refractivity contribution in [3.05, 3.63) is 42.0 Å². The predicted molar refractivity (Wildman–Crippen MR) is 57.9 cm³/mol. The van der Waals surface area contributed by atoms with Crippen molar-refractivity contribution in [3.63, 3.8) is 0 Å². The molecule has 0 aliphatic carbocycles. The van der Waals surface area contributed by atoms with Gasteiger partial charge in [-0.15, -0.1) is 0 Å². The minimum absolute atomic E-state index is 0.400. The van der Waals surface area contributed by atoms with E-state index in [9.17, 15) is 0 Å². The lowest BCUT2D eigenvalue weighted by atomic mass is 10.3. The fraction of sp³-hybridized carbons (Fsp3) is 0.273. The van der Waals surface area contributed by atoms with Gasteiger partial charge in [0.1, 0.15) is 18.8 Å². The summed E-state index contributed by atoms with van der Waals surface area (Å²) in [5.74, 6) is 1.39. The Labute approximate surface area is 93.6 Å². The van der Waals surface area contributed by atoms with Crippen molar-refractivity contribution < 1.29 is 4.74 Å². The topological polar surface area (TPSA) is 60.8 Å². The van der Waals surface area contributed by atoms with E-state index < -0.39 is 0 Å². The first-order chi connectivity index (χ1) is 7.74. The van der Waals surface area contributed by atoms with E-state index in [2.05, 4.69) is 19.9 Å². The molecule has 0 amide bonds. The van der Waals surface area contributed by atoms with Gasteiger partial charge < -0.3 is 4.74 Å². The van der Waals surface area contributed by atoms with E-state index in [1.54, 1.807) is 12.4 Å². The van der Waals surface area contributed by atoms with Crippen LogP contribution in [0.3, 0.4) is 0 Å². The Balaban J connectivity index is 2.05. The van der Waals surface area contributed by atoms with Gasteiger partial charge in [-0.05, 0) is 19.9 Å². The van der Waals surface area contributed by atoms with Crippen LogP contribution in [-0.2, 0) is 6.61 Å². The Morgan fingerprint density at radius 1 is 1.12 bits per heavy atom. The van der Waals surface area contributed by atoms with Gasteiger partial charge in [-0.2, -0.15) is 0 Å². The monoisotopic (exact) mass is 216 g/mol. The first kappa shape index (κ1) is 10.5. The number of hydrogen-bond acceptors (Lipinski definition) is 5. The smallest absolute Gasteiger partial charge is 0.156 e. The molecule has 0 unspecified atom stereocenters. The maximum atomic E-state index is 5.49. The van der Waals surface area contributed by atoms with Gasteiger partial charge in [0.2, 0.25) is 0 Å². The molecule has 2 heterocycles. The van der Waals surface area contributed by atoms with Crippen LogP contribution in [0.25, 0.3) is 0 Å². The molecule has 5 nitrogen and oxygen atoms in total. The molecule has 0 aliphatic rings. The standard InChI is InChI=1S/C11H12N4O/c1-8-3-10(15-9(2)14-8)6-16-11-4-12-7-13-5-11/h3-5,7H,6H2,1-2H3. The Morgan fingerprint density at radius 2 is 1.88 bits per heavy atom. The molecule has 0 spiro atoms. The summed E-state index contributed by atoms with van der Waals surface area (Å²) >= 11 is 0. The first-order valence-electron chi connectivity index (χ1n) is 4.93. The fourth-order valence-corrected chi connectivity index (χ4v) is 1.38. The summed E-state index contributed by atoms with van der Waals surface area (Å²) < 4.78 is 5.49. The lowest BCUT2D eigenvalue weighted by Gasteiger charge is -2.05. The highest BCUT2D eigenvalue weighted by molar-refractivity contribution is 5.13. The number of nitrogens with zero attached hydrogens (tertiary/aromatic N) is 4. The maximum Gasteiger partial charge on any atom is 0.156 e. The van der Waals surface area contributed by atoms with Crippen LogP contribution in [0.1, 0.15) is 17.2 Å². The lowest BCUT2D eigenvalue weighted by Crippen LogP contribution is -2.02. The molecule has 16 heavy (non-hydrogen) atoms. The van der Waals surface area contributed by atoms with Crippen molar-refractivity contribution in [3.8, 4) is 5.75 Å². The van der Waals surface area contributed by atoms with Crippen molar-refractivity contribution in [2.24, 2.45) is 0 Å². The number of hydrogen-bond donors (Lipinski definition) is 0. The summed E-state index contributed by atoms with van der Waals surface area (Å²) in [5, 5.41) is 0. The lowest BCUT2D eigenvalue weighted by molar-refractivity contribution is 0.298. The van der Waals surface area contributed by atoms with Crippen LogP contribution >= 0.6 is 0 Å². The van der Waals surface area contributed by atoms with E-state index in [0.29, 0.717) is 12.4 Å². The van der Waals surface area contributed by atoms with E-state index in [-0.39, 0.29) is 0 Å². The zero-order valence-electron chi connectivity index (χ0n) is 9.21. The van der Waals surface area contributed by atoms with Gasteiger partial charge in [0, 0.05) is 5.69 Å². The van der Waals surface area contributed by atoms with Crippen molar-refractivity contribution >= 4 is 0 Å². The van der Waals surface area contributed by atoms with E-state index in [1.165, 1.54) is 6.33 Å². The van der Waals surface area contributed by atoms with Crippen LogP contribution < -0.4 is 4.74 Å². The Morgan fingerprint density at radius 3 is 2.56 bits per heavy atom.